The number of unbranched alkanes of at least 4 members (excludes halogenated alkanes) is 3. The van der Waals surface area contributed by atoms with Gasteiger partial charge in [0, 0.05) is 36.8 Å². The zero-order valence-electron chi connectivity index (χ0n) is 21.1. The van der Waals surface area contributed by atoms with E-state index in [0.29, 0.717) is 47.5 Å². The highest BCUT2D eigenvalue weighted by atomic mass is 32.2. The number of benzene rings is 1. The zero-order chi connectivity index (χ0) is 26.5. The minimum atomic E-state index is -2.44. The fourth-order valence-corrected chi connectivity index (χ4v) is 5.01. The molecule has 0 bridgehead atoms. The Hall–Kier alpha value is -3.08. The minimum Gasteiger partial charge on any atom is -0.760 e. The first-order chi connectivity index (χ1) is 17.8. The van der Waals surface area contributed by atoms with Crippen molar-refractivity contribution in [2.24, 2.45) is 0 Å². The molecule has 2 N–H and O–H groups in total. The number of amides is 1. The molecule has 1 aromatic carbocycles. The van der Waals surface area contributed by atoms with E-state index in [1.165, 1.54) is 4.31 Å². The van der Waals surface area contributed by atoms with Gasteiger partial charge in [-0.15, -0.1) is 0 Å². The van der Waals surface area contributed by atoms with Crippen molar-refractivity contribution in [3.05, 3.63) is 52.7 Å². The van der Waals surface area contributed by atoms with Crippen LogP contribution in [0.15, 0.2) is 34.7 Å². The summed E-state index contributed by atoms with van der Waals surface area (Å²) in [6, 6.07) is 9.66. The molecule has 1 aliphatic carbocycles. The third kappa shape index (κ3) is 6.63. The number of aliphatic carboxylic acids is 1. The van der Waals surface area contributed by atoms with E-state index in [9.17, 15) is 18.4 Å². The largest absolute Gasteiger partial charge is 0.760 e. The normalized spacial score (nSPS) is 14.3. The number of rotatable bonds is 13. The van der Waals surface area contributed by atoms with Crippen LogP contribution in [0.5, 0.6) is 0 Å². The number of carbonyl (C=O) groups is 2. The SMILES string of the molecule is CNC(=O)c1c(-c2ccc(C)cc2)oc2nc(CN(CCCCCCC(=O)O)S(=O)[O-])c(C3CC3)cc12. The van der Waals surface area contributed by atoms with E-state index in [0.717, 1.165) is 42.4 Å². The Morgan fingerprint density at radius 1 is 1.19 bits per heavy atom. The van der Waals surface area contributed by atoms with Gasteiger partial charge in [-0.2, -0.15) is 0 Å². The maximum atomic E-state index is 12.9. The summed E-state index contributed by atoms with van der Waals surface area (Å²) in [5.41, 5.74) is 4.17. The van der Waals surface area contributed by atoms with Crippen LogP contribution in [-0.4, -0.2) is 48.6 Å². The second-order valence-corrected chi connectivity index (χ2v) is 10.5. The third-order valence-electron chi connectivity index (χ3n) is 6.67. The molecule has 1 aliphatic rings. The summed E-state index contributed by atoms with van der Waals surface area (Å²) in [4.78, 5) is 28.3. The van der Waals surface area contributed by atoms with Crippen LogP contribution < -0.4 is 5.32 Å². The Morgan fingerprint density at radius 2 is 1.89 bits per heavy atom. The molecule has 10 heteroatoms. The Labute approximate surface area is 218 Å². The lowest BCUT2D eigenvalue weighted by Gasteiger charge is -2.24. The maximum absolute atomic E-state index is 12.9. The lowest BCUT2D eigenvalue weighted by atomic mass is 10.0. The molecule has 0 radical (unpaired) electrons. The lowest BCUT2D eigenvalue weighted by Crippen LogP contribution is -2.27. The average Bonchev–Trinajstić information content (AvgIpc) is 3.65. The van der Waals surface area contributed by atoms with Gasteiger partial charge in [-0.3, -0.25) is 13.8 Å². The quantitative estimate of drug-likeness (QED) is 0.244. The highest BCUT2D eigenvalue weighted by molar-refractivity contribution is 7.76. The summed E-state index contributed by atoms with van der Waals surface area (Å²) < 4.78 is 31.5. The van der Waals surface area contributed by atoms with Crippen molar-refractivity contribution >= 4 is 34.2 Å². The standard InChI is InChI=1S/C27H33N3O6S/c1-17-8-10-19(11-9-17)25-24(26(33)28-2)21-15-20(18-12-13-18)22(29-27(21)36-25)16-30(37(34)35)14-6-4-3-5-7-23(31)32/h8-11,15,18H,3-7,12-14,16H2,1-2H3,(H,28,33)(H,31,32)(H,34,35)/p-1. The molecule has 0 saturated heterocycles. The van der Waals surface area contributed by atoms with Crippen LogP contribution in [0, 0.1) is 6.92 Å². The number of carboxylic acid groups (broad SMARTS) is 1. The van der Waals surface area contributed by atoms with Crippen molar-refractivity contribution < 1.29 is 27.9 Å². The van der Waals surface area contributed by atoms with Crippen LogP contribution in [-0.2, 0) is 22.6 Å². The number of nitrogens with one attached hydrogen (secondary N) is 1. The number of aromatic nitrogens is 1. The number of carbonyl (C=O) groups excluding carboxylic acids is 1. The van der Waals surface area contributed by atoms with Crippen LogP contribution in [0.2, 0.25) is 0 Å². The van der Waals surface area contributed by atoms with E-state index < -0.39 is 17.2 Å². The average molecular weight is 527 g/mol. The molecule has 0 aliphatic heterocycles. The number of furan rings is 1. The number of carboxylic acids is 1. The van der Waals surface area contributed by atoms with Gasteiger partial charge in [0.05, 0.1) is 23.2 Å². The second kappa shape index (κ2) is 12.0. The smallest absolute Gasteiger partial charge is 0.303 e. The van der Waals surface area contributed by atoms with Gasteiger partial charge in [0.15, 0.2) is 0 Å². The number of fused-ring (bicyclic) bond motifs is 1. The van der Waals surface area contributed by atoms with Crippen molar-refractivity contribution in [1.29, 1.82) is 0 Å². The van der Waals surface area contributed by atoms with Gasteiger partial charge in [0.1, 0.15) is 5.76 Å². The number of nitrogens with zero attached hydrogens (tertiary/aromatic N) is 2. The molecule has 1 atom stereocenters. The Balaban J connectivity index is 1.63. The van der Waals surface area contributed by atoms with E-state index in [1.54, 1.807) is 7.05 Å². The molecule has 4 rings (SSSR count). The molecule has 2 heterocycles. The summed E-state index contributed by atoms with van der Waals surface area (Å²) in [6.45, 7) is 2.42. The molecule has 3 aromatic rings. The monoisotopic (exact) mass is 526 g/mol. The fourth-order valence-electron chi connectivity index (χ4n) is 4.50. The van der Waals surface area contributed by atoms with Gasteiger partial charge >= 0.3 is 5.97 Å². The van der Waals surface area contributed by atoms with E-state index in [-0.39, 0.29) is 24.8 Å². The van der Waals surface area contributed by atoms with Gasteiger partial charge < -0.3 is 19.4 Å². The van der Waals surface area contributed by atoms with Crippen molar-refractivity contribution in [3.63, 3.8) is 0 Å². The molecule has 9 nitrogen and oxygen atoms in total. The van der Waals surface area contributed by atoms with Gasteiger partial charge in [-0.25, -0.2) is 9.29 Å². The molecule has 2 aromatic heterocycles. The van der Waals surface area contributed by atoms with Crippen molar-refractivity contribution in [1.82, 2.24) is 14.6 Å². The van der Waals surface area contributed by atoms with E-state index in [4.69, 9.17) is 14.5 Å². The van der Waals surface area contributed by atoms with E-state index >= 15 is 0 Å². The number of hydrogen-bond acceptors (Lipinski definition) is 6. The predicted octanol–water partition coefficient (Wildman–Crippen LogP) is 4.67. The Morgan fingerprint density at radius 3 is 2.51 bits per heavy atom. The highest BCUT2D eigenvalue weighted by Crippen LogP contribution is 2.44. The van der Waals surface area contributed by atoms with Crippen LogP contribution in [0.3, 0.4) is 0 Å². The maximum Gasteiger partial charge on any atom is 0.303 e. The molecule has 1 amide bonds. The molecule has 37 heavy (non-hydrogen) atoms. The summed E-state index contributed by atoms with van der Waals surface area (Å²) >= 11 is -2.44. The van der Waals surface area contributed by atoms with Crippen LogP contribution >= 0.6 is 0 Å². The van der Waals surface area contributed by atoms with Crippen molar-refractivity contribution in [2.45, 2.75) is 64.3 Å². The van der Waals surface area contributed by atoms with Gasteiger partial charge in [0.25, 0.3) is 5.91 Å². The Kier molecular flexibility index (Phi) is 8.73. The van der Waals surface area contributed by atoms with Crippen LogP contribution in [0.4, 0.5) is 0 Å². The van der Waals surface area contributed by atoms with E-state index in [1.807, 2.05) is 37.3 Å². The highest BCUT2D eigenvalue weighted by Gasteiger charge is 2.31. The van der Waals surface area contributed by atoms with Crippen LogP contribution in [0.1, 0.15) is 78.0 Å². The summed E-state index contributed by atoms with van der Waals surface area (Å²) in [5.74, 6) is -0.373. The molecule has 1 unspecified atom stereocenters. The number of pyridine rings is 1. The van der Waals surface area contributed by atoms with Gasteiger partial charge in [-0.05, 0) is 50.2 Å². The Bertz CT molecular complexity index is 1300. The minimum absolute atomic E-state index is 0.114. The van der Waals surface area contributed by atoms with Crippen molar-refractivity contribution in [2.75, 3.05) is 13.6 Å². The first-order valence-corrected chi connectivity index (χ1v) is 13.6. The molecule has 1 fully saturated rings. The summed E-state index contributed by atoms with van der Waals surface area (Å²) in [7, 11) is 1.58. The molecular weight excluding hydrogens is 494 g/mol. The fraction of sp³-hybridized carbons (Fsp3) is 0.444. The third-order valence-corrected chi connectivity index (χ3v) is 7.40. The second-order valence-electron chi connectivity index (χ2n) is 9.54. The van der Waals surface area contributed by atoms with Gasteiger partial charge in [0.2, 0.25) is 5.71 Å². The topological polar surface area (TPSA) is 136 Å². The number of aryl methyl sites for hydroxylation is 1. The number of hydrogen-bond donors (Lipinski definition) is 2. The molecule has 1 saturated carbocycles. The molecular formula is C27H32N3O6S-. The summed E-state index contributed by atoms with van der Waals surface area (Å²) in [5, 5.41) is 12.1. The van der Waals surface area contributed by atoms with Crippen LogP contribution in [0.25, 0.3) is 22.4 Å². The predicted molar refractivity (Wildman–Crippen MR) is 140 cm³/mol. The van der Waals surface area contributed by atoms with E-state index in [2.05, 4.69) is 5.32 Å². The molecule has 198 valence electrons. The van der Waals surface area contributed by atoms with Crippen molar-refractivity contribution in [3.8, 4) is 11.3 Å². The van der Waals surface area contributed by atoms with Gasteiger partial charge in [-0.1, -0.05) is 42.7 Å². The summed E-state index contributed by atoms with van der Waals surface area (Å²) in [6.07, 6.45) is 4.79. The first kappa shape index (κ1) is 27.0. The lowest BCUT2D eigenvalue weighted by molar-refractivity contribution is -0.137. The zero-order valence-corrected chi connectivity index (χ0v) is 21.9. The molecule has 0 spiro atoms. The first-order valence-electron chi connectivity index (χ1n) is 12.6.